The molecule has 0 spiro atoms. The third-order valence-electron chi connectivity index (χ3n) is 4.21. The van der Waals surface area contributed by atoms with E-state index in [2.05, 4.69) is 36.3 Å². The van der Waals surface area contributed by atoms with Crippen LogP contribution < -0.4 is 5.32 Å². The summed E-state index contributed by atoms with van der Waals surface area (Å²) in [4.78, 5) is 16.6. The van der Waals surface area contributed by atoms with Gasteiger partial charge in [0.2, 0.25) is 5.89 Å². The number of nitrogens with one attached hydrogen (secondary N) is 1. The average Bonchev–Trinajstić information content (AvgIpc) is 3.31. The van der Waals surface area contributed by atoms with Gasteiger partial charge in [0.25, 0.3) is 5.91 Å². The van der Waals surface area contributed by atoms with Gasteiger partial charge < -0.3 is 14.2 Å². The lowest BCUT2D eigenvalue weighted by Crippen LogP contribution is -2.10. The standard InChI is InChI=1S/C21H18N2O3/c1-13(2)15-7-10-18-17(12-15)23-21(26-18)14-5-8-16(9-6-14)22-20(24)19-4-3-11-25-19/h3-13H,1-2H3,(H,22,24). The van der Waals surface area contributed by atoms with Crippen LogP contribution in [0, 0.1) is 0 Å². The number of benzene rings is 2. The predicted molar refractivity (Wildman–Crippen MR) is 100 cm³/mol. The van der Waals surface area contributed by atoms with E-state index >= 15 is 0 Å². The molecule has 0 aliphatic carbocycles. The van der Waals surface area contributed by atoms with Crippen molar-refractivity contribution in [3.05, 3.63) is 72.2 Å². The number of carbonyl (C=O) groups is 1. The molecule has 130 valence electrons. The Morgan fingerprint density at radius 2 is 1.88 bits per heavy atom. The maximum Gasteiger partial charge on any atom is 0.291 e. The maximum absolute atomic E-state index is 12.0. The van der Waals surface area contributed by atoms with Crippen molar-refractivity contribution in [1.82, 2.24) is 4.98 Å². The van der Waals surface area contributed by atoms with Crippen LogP contribution in [-0.2, 0) is 0 Å². The fourth-order valence-corrected chi connectivity index (χ4v) is 2.72. The van der Waals surface area contributed by atoms with Crippen LogP contribution in [0.3, 0.4) is 0 Å². The van der Waals surface area contributed by atoms with E-state index in [4.69, 9.17) is 8.83 Å². The highest BCUT2D eigenvalue weighted by molar-refractivity contribution is 6.02. The topological polar surface area (TPSA) is 68.3 Å². The predicted octanol–water partition coefficient (Wildman–Crippen LogP) is 5.46. The van der Waals surface area contributed by atoms with Gasteiger partial charge in [-0.25, -0.2) is 4.98 Å². The molecule has 5 nitrogen and oxygen atoms in total. The third-order valence-corrected chi connectivity index (χ3v) is 4.21. The molecule has 4 rings (SSSR count). The first kappa shape index (κ1) is 16.1. The highest BCUT2D eigenvalue weighted by atomic mass is 16.3. The van der Waals surface area contributed by atoms with Gasteiger partial charge in [0.05, 0.1) is 6.26 Å². The largest absolute Gasteiger partial charge is 0.459 e. The number of anilines is 1. The van der Waals surface area contributed by atoms with Gasteiger partial charge in [-0.3, -0.25) is 4.79 Å². The van der Waals surface area contributed by atoms with E-state index in [0.29, 0.717) is 17.5 Å². The number of rotatable bonds is 4. The van der Waals surface area contributed by atoms with Crippen LogP contribution in [0.2, 0.25) is 0 Å². The van der Waals surface area contributed by atoms with E-state index in [1.54, 1.807) is 12.1 Å². The molecule has 0 fully saturated rings. The first-order chi connectivity index (χ1) is 12.6. The summed E-state index contributed by atoms with van der Waals surface area (Å²) in [5.41, 5.74) is 4.37. The molecule has 1 N–H and O–H groups in total. The van der Waals surface area contributed by atoms with Gasteiger partial charge in [-0.05, 0) is 60.0 Å². The molecule has 2 aromatic carbocycles. The number of nitrogens with zero attached hydrogens (tertiary/aromatic N) is 1. The van der Waals surface area contributed by atoms with Crippen molar-refractivity contribution < 1.29 is 13.6 Å². The van der Waals surface area contributed by atoms with Crippen molar-refractivity contribution in [3.63, 3.8) is 0 Å². The van der Waals surface area contributed by atoms with Crippen molar-refractivity contribution in [1.29, 1.82) is 0 Å². The quantitative estimate of drug-likeness (QED) is 0.532. The second kappa shape index (κ2) is 6.52. The Labute approximate surface area is 150 Å². The minimum absolute atomic E-state index is 0.272. The Bertz CT molecular complexity index is 1040. The number of carbonyl (C=O) groups excluding carboxylic acids is 1. The lowest BCUT2D eigenvalue weighted by atomic mass is 10.0. The Morgan fingerprint density at radius 3 is 2.58 bits per heavy atom. The maximum atomic E-state index is 12.0. The highest BCUT2D eigenvalue weighted by Crippen LogP contribution is 2.27. The Kier molecular flexibility index (Phi) is 4.05. The first-order valence-corrected chi connectivity index (χ1v) is 8.46. The fourth-order valence-electron chi connectivity index (χ4n) is 2.72. The van der Waals surface area contributed by atoms with Crippen LogP contribution in [0.1, 0.15) is 35.9 Å². The lowest BCUT2D eigenvalue weighted by molar-refractivity contribution is 0.0996. The summed E-state index contributed by atoms with van der Waals surface area (Å²) in [6, 6.07) is 16.7. The summed E-state index contributed by atoms with van der Waals surface area (Å²) in [6.45, 7) is 4.30. The number of hydrogen-bond donors (Lipinski definition) is 1. The number of amides is 1. The molecule has 0 unspecified atom stereocenters. The van der Waals surface area contributed by atoms with Crippen LogP contribution in [-0.4, -0.2) is 10.9 Å². The molecule has 4 aromatic rings. The van der Waals surface area contributed by atoms with E-state index in [1.807, 2.05) is 30.3 Å². The molecule has 0 radical (unpaired) electrons. The van der Waals surface area contributed by atoms with Crippen LogP contribution in [0.5, 0.6) is 0 Å². The average molecular weight is 346 g/mol. The Morgan fingerprint density at radius 1 is 1.08 bits per heavy atom. The monoisotopic (exact) mass is 346 g/mol. The highest BCUT2D eigenvalue weighted by Gasteiger charge is 2.12. The van der Waals surface area contributed by atoms with Gasteiger partial charge in [-0.2, -0.15) is 0 Å². The summed E-state index contributed by atoms with van der Waals surface area (Å²) >= 11 is 0. The molecule has 0 saturated carbocycles. The van der Waals surface area contributed by atoms with Crippen molar-refractivity contribution >= 4 is 22.7 Å². The number of furan rings is 1. The van der Waals surface area contributed by atoms with Crippen LogP contribution in [0.15, 0.2) is 69.7 Å². The molecule has 2 heterocycles. The van der Waals surface area contributed by atoms with Gasteiger partial charge in [-0.1, -0.05) is 19.9 Å². The normalized spacial score (nSPS) is 11.2. The van der Waals surface area contributed by atoms with E-state index in [-0.39, 0.29) is 11.7 Å². The van der Waals surface area contributed by atoms with Crippen molar-refractivity contribution in [3.8, 4) is 11.5 Å². The summed E-state index contributed by atoms with van der Waals surface area (Å²) in [5, 5.41) is 2.79. The number of aromatic nitrogens is 1. The van der Waals surface area contributed by atoms with Gasteiger partial charge in [0, 0.05) is 11.3 Å². The molecule has 26 heavy (non-hydrogen) atoms. The number of oxazole rings is 1. The van der Waals surface area contributed by atoms with Crippen LogP contribution >= 0.6 is 0 Å². The molecular weight excluding hydrogens is 328 g/mol. The van der Waals surface area contributed by atoms with E-state index in [0.717, 1.165) is 16.7 Å². The van der Waals surface area contributed by atoms with Crippen molar-refractivity contribution in [2.45, 2.75) is 19.8 Å². The zero-order chi connectivity index (χ0) is 18.1. The van der Waals surface area contributed by atoms with Gasteiger partial charge in [-0.15, -0.1) is 0 Å². The van der Waals surface area contributed by atoms with Gasteiger partial charge >= 0.3 is 0 Å². The number of hydrogen-bond acceptors (Lipinski definition) is 4. The van der Waals surface area contributed by atoms with Crippen LogP contribution in [0.4, 0.5) is 5.69 Å². The smallest absolute Gasteiger partial charge is 0.291 e. The van der Waals surface area contributed by atoms with Gasteiger partial charge in [0.1, 0.15) is 5.52 Å². The van der Waals surface area contributed by atoms with E-state index < -0.39 is 0 Å². The summed E-state index contributed by atoms with van der Waals surface area (Å²) in [7, 11) is 0. The van der Waals surface area contributed by atoms with Crippen LogP contribution in [0.25, 0.3) is 22.6 Å². The third kappa shape index (κ3) is 3.11. The summed E-state index contributed by atoms with van der Waals surface area (Å²) in [6.07, 6.45) is 1.47. The summed E-state index contributed by atoms with van der Waals surface area (Å²) in [5.74, 6) is 0.987. The first-order valence-electron chi connectivity index (χ1n) is 8.46. The zero-order valence-corrected chi connectivity index (χ0v) is 14.5. The fraction of sp³-hybridized carbons (Fsp3) is 0.143. The second-order valence-corrected chi connectivity index (χ2v) is 6.41. The molecule has 0 atom stereocenters. The molecule has 1 amide bonds. The lowest BCUT2D eigenvalue weighted by Gasteiger charge is -2.03. The minimum Gasteiger partial charge on any atom is -0.459 e. The van der Waals surface area contributed by atoms with Gasteiger partial charge in [0.15, 0.2) is 11.3 Å². The van der Waals surface area contributed by atoms with E-state index in [9.17, 15) is 4.79 Å². The summed E-state index contributed by atoms with van der Waals surface area (Å²) < 4.78 is 10.9. The van der Waals surface area contributed by atoms with E-state index in [1.165, 1.54) is 11.8 Å². The Balaban J connectivity index is 1.56. The molecule has 0 aliphatic heterocycles. The second-order valence-electron chi connectivity index (χ2n) is 6.41. The molecule has 0 bridgehead atoms. The van der Waals surface area contributed by atoms with Crippen molar-refractivity contribution in [2.24, 2.45) is 0 Å². The molecule has 0 aliphatic rings. The molecule has 2 aromatic heterocycles. The number of fused-ring (bicyclic) bond motifs is 1. The molecule has 5 heteroatoms. The zero-order valence-electron chi connectivity index (χ0n) is 14.5. The molecule has 0 saturated heterocycles. The van der Waals surface area contributed by atoms with Crippen molar-refractivity contribution in [2.75, 3.05) is 5.32 Å². The minimum atomic E-state index is -0.286. The SMILES string of the molecule is CC(C)c1ccc2oc(-c3ccc(NC(=O)c4ccco4)cc3)nc2c1. The Hall–Kier alpha value is -3.34. The molecular formula is C21H18N2O3.